The Morgan fingerprint density at radius 1 is 1.22 bits per heavy atom. The summed E-state index contributed by atoms with van der Waals surface area (Å²) in [4.78, 5) is 21.3. The van der Waals surface area contributed by atoms with E-state index in [1.165, 1.54) is 0 Å². The highest BCUT2D eigenvalue weighted by molar-refractivity contribution is 7.86. The van der Waals surface area contributed by atoms with E-state index < -0.39 is 47.1 Å². The van der Waals surface area contributed by atoms with Gasteiger partial charge >= 0.3 is 27.3 Å². The standard InChI is InChI=1S/C7H10F2O8S/c1-15-5(10)2-16-3-6(11)17-4-7(8,9)18(12,13)14/h2-4H2,1H3,(H,12,13,14). The third kappa shape index (κ3) is 5.84. The first-order valence-corrected chi connectivity index (χ1v) is 5.69. The smallest absolute Gasteiger partial charge is 0.402 e. The number of ether oxygens (including phenoxy) is 3. The lowest BCUT2D eigenvalue weighted by Gasteiger charge is -2.12. The summed E-state index contributed by atoms with van der Waals surface area (Å²) in [5, 5.41) is -4.61. The third-order valence-corrected chi connectivity index (χ3v) is 2.32. The van der Waals surface area contributed by atoms with Gasteiger partial charge in [0.25, 0.3) is 0 Å². The van der Waals surface area contributed by atoms with Crippen LogP contribution in [0.5, 0.6) is 0 Å². The minimum absolute atomic E-state index is 0.597. The summed E-state index contributed by atoms with van der Waals surface area (Å²) in [6.07, 6.45) is 0. The number of carbonyl (C=O) groups is 2. The fourth-order valence-electron chi connectivity index (χ4n) is 0.557. The van der Waals surface area contributed by atoms with Crippen LogP contribution in [0, 0.1) is 0 Å². The molecular formula is C7H10F2O8S. The topological polar surface area (TPSA) is 116 Å². The van der Waals surface area contributed by atoms with E-state index in [4.69, 9.17) is 4.55 Å². The van der Waals surface area contributed by atoms with Crippen LogP contribution >= 0.6 is 0 Å². The molecule has 11 heteroatoms. The maximum Gasteiger partial charge on any atom is 0.402 e. The second-order valence-corrected chi connectivity index (χ2v) is 4.39. The first-order chi connectivity index (χ1) is 8.10. The van der Waals surface area contributed by atoms with Crippen LogP contribution in [0.15, 0.2) is 0 Å². The van der Waals surface area contributed by atoms with Gasteiger partial charge in [-0.2, -0.15) is 17.2 Å². The first kappa shape index (κ1) is 16.7. The number of esters is 2. The Balaban J connectivity index is 4.02. The molecule has 106 valence electrons. The van der Waals surface area contributed by atoms with E-state index in [0.717, 1.165) is 7.11 Å². The molecule has 0 aromatic carbocycles. The lowest BCUT2D eigenvalue weighted by Crippen LogP contribution is -2.35. The highest BCUT2D eigenvalue weighted by Crippen LogP contribution is 2.20. The second-order valence-electron chi connectivity index (χ2n) is 2.84. The van der Waals surface area contributed by atoms with Crippen LogP contribution in [0.2, 0.25) is 0 Å². The number of rotatable bonds is 7. The van der Waals surface area contributed by atoms with E-state index in [0.29, 0.717) is 0 Å². The van der Waals surface area contributed by atoms with Gasteiger partial charge in [0.05, 0.1) is 7.11 Å². The van der Waals surface area contributed by atoms with Gasteiger partial charge in [-0.1, -0.05) is 0 Å². The van der Waals surface area contributed by atoms with Gasteiger partial charge in [0.15, 0.2) is 6.61 Å². The molecule has 1 N–H and O–H groups in total. The molecular weight excluding hydrogens is 282 g/mol. The van der Waals surface area contributed by atoms with Crippen molar-refractivity contribution in [3.63, 3.8) is 0 Å². The Kier molecular flexibility index (Phi) is 6.08. The van der Waals surface area contributed by atoms with E-state index in [1.807, 2.05) is 0 Å². The Labute approximate surface area is 101 Å². The van der Waals surface area contributed by atoms with Crippen LogP contribution in [-0.4, -0.2) is 57.1 Å². The van der Waals surface area contributed by atoms with Gasteiger partial charge in [-0.25, -0.2) is 9.59 Å². The van der Waals surface area contributed by atoms with Crippen molar-refractivity contribution in [3.05, 3.63) is 0 Å². The fraction of sp³-hybridized carbons (Fsp3) is 0.714. The molecule has 0 radical (unpaired) electrons. The molecule has 0 aromatic heterocycles. The molecule has 0 aliphatic carbocycles. The molecule has 18 heavy (non-hydrogen) atoms. The van der Waals surface area contributed by atoms with E-state index in [2.05, 4.69) is 14.2 Å². The van der Waals surface area contributed by atoms with Crippen LogP contribution in [0.4, 0.5) is 8.78 Å². The van der Waals surface area contributed by atoms with Crippen molar-refractivity contribution < 1.29 is 45.6 Å². The molecule has 0 saturated carbocycles. The van der Waals surface area contributed by atoms with Crippen molar-refractivity contribution in [2.75, 3.05) is 26.9 Å². The molecule has 0 aliphatic heterocycles. The van der Waals surface area contributed by atoms with Crippen LogP contribution in [0.3, 0.4) is 0 Å². The number of hydrogen-bond donors (Lipinski definition) is 1. The number of carbonyl (C=O) groups excluding carboxylic acids is 2. The van der Waals surface area contributed by atoms with Gasteiger partial charge in [-0.05, 0) is 0 Å². The summed E-state index contributed by atoms with van der Waals surface area (Å²) in [5.41, 5.74) is 0. The molecule has 0 fully saturated rings. The monoisotopic (exact) mass is 292 g/mol. The number of methoxy groups -OCH3 is 1. The van der Waals surface area contributed by atoms with Crippen LogP contribution in [0.25, 0.3) is 0 Å². The van der Waals surface area contributed by atoms with Crippen molar-refractivity contribution in [3.8, 4) is 0 Å². The molecule has 0 heterocycles. The van der Waals surface area contributed by atoms with E-state index in [9.17, 15) is 26.8 Å². The lowest BCUT2D eigenvalue weighted by atomic mass is 10.6. The molecule has 0 aromatic rings. The lowest BCUT2D eigenvalue weighted by molar-refractivity contribution is -0.158. The zero-order valence-corrected chi connectivity index (χ0v) is 9.91. The van der Waals surface area contributed by atoms with E-state index >= 15 is 0 Å². The van der Waals surface area contributed by atoms with Gasteiger partial charge in [-0.15, -0.1) is 0 Å². The van der Waals surface area contributed by atoms with Gasteiger partial charge in [0, 0.05) is 0 Å². The average Bonchev–Trinajstić information content (AvgIpc) is 2.24. The fourth-order valence-corrected chi connectivity index (χ4v) is 0.765. The number of halogens is 2. The van der Waals surface area contributed by atoms with Crippen molar-refractivity contribution in [1.82, 2.24) is 0 Å². The summed E-state index contributed by atoms with van der Waals surface area (Å²) < 4.78 is 65.8. The molecule has 0 aliphatic rings. The maximum absolute atomic E-state index is 12.6. The van der Waals surface area contributed by atoms with Crippen molar-refractivity contribution >= 4 is 22.1 Å². The van der Waals surface area contributed by atoms with Gasteiger partial charge in [0.2, 0.25) is 0 Å². The van der Waals surface area contributed by atoms with Gasteiger partial charge < -0.3 is 14.2 Å². The summed E-state index contributed by atoms with van der Waals surface area (Å²) in [7, 11) is -4.60. The number of alkyl halides is 2. The molecule has 0 bridgehead atoms. The van der Waals surface area contributed by atoms with Crippen molar-refractivity contribution in [2.45, 2.75) is 5.25 Å². The quantitative estimate of drug-likeness (QED) is 0.479. The Hall–Kier alpha value is -1.33. The third-order valence-electron chi connectivity index (χ3n) is 1.45. The largest absolute Gasteiger partial charge is 0.467 e. The van der Waals surface area contributed by atoms with Crippen molar-refractivity contribution in [1.29, 1.82) is 0 Å². The molecule has 0 saturated heterocycles. The van der Waals surface area contributed by atoms with Crippen LogP contribution in [-0.2, 0) is 33.9 Å². The molecule has 0 spiro atoms. The predicted molar refractivity (Wildman–Crippen MR) is 50.3 cm³/mol. The minimum Gasteiger partial charge on any atom is -0.467 e. The minimum atomic E-state index is -5.66. The normalized spacial score (nSPS) is 12.0. The Bertz CT molecular complexity index is 404. The molecule has 0 amide bonds. The first-order valence-electron chi connectivity index (χ1n) is 4.25. The molecule has 0 rings (SSSR count). The predicted octanol–water partition coefficient (Wildman–Crippen LogP) is -0.800. The Morgan fingerprint density at radius 3 is 2.17 bits per heavy atom. The summed E-state index contributed by atoms with van der Waals surface area (Å²) >= 11 is 0. The Morgan fingerprint density at radius 2 is 1.72 bits per heavy atom. The van der Waals surface area contributed by atoms with Crippen LogP contribution < -0.4 is 0 Å². The van der Waals surface area contributed by atoms with Crippen LogP contribution in [0.1, 0.15) is 0 Å². The average molecular weight is 292 g/mol. The molecule has 0 unspecified atom stereocenters. The van der Waals surface area contributed by atoms with Gasteiger partial charge in [-0.3, -0.25) is 4.55 Å². The maximum atomic E-state index is 12.6. The zero-order valence-electron chi connectivity index (χ0n) is 9.09. The molecule has 8 nitrogen and oxygen atoms in total. The molecule has 0 atom stereocenters. The van der Waals surface area contributed by atoms with Gasteiger partial charge in [0.1, 0.15) is 13.2 Å². The highest BCUT2D eigenvalue weighted by Gasteiger charge is 2.45. The highest BCUT2D eigenvalue weighted by atomic mass is 32.2. The number of hydrogen-bond acceptors (Lipinski definition) is 7. The summed E-state index contributed by atoms with van der Waals surface area (Å²) in [5.74, 6) is -2.13. The van der Waals surface area contributed by atoms with E-state index in [-0.39, 0.29) is 0 Å². The zero-order chi connectivity index (χ0) is 14.4. The SMILES string of the molecule is COC(=O)COCC(=O)OCC(F)(F)S(=O)(=O)O. The summed E-state index contributed by atoms with van der Waals surface area (Å²) in [6, 6.07) is 0. The second kappa shape index (κ2) is 6.56. The van der Waals surface area contributed by atoms with Crippen molar-refractivity contribution in [2.24, 2.45) is 0 Å². The summed E-state index contributed by atoms with van der Waals surface area (Å²) in [6.45, 7) is -3.30. The van der Waals surface area contributed by atoms with E-state index in [1.54, 1.807) is 0 Å².